The van der Waals surface area contributed by atoms with Crippen molar-refractivity contribution in [2.45, 2.75) is 20.8 Å². The molecule has 19 heavy (non-hydrogen) atoms. The highest BCUT2D eigenvalue weighted by atomic mass is 16.2. The second-order valence-electron chi connectivity index (χ2n) is 4.55. The molecule has 1 aromatic heterocycles. The Labute approximate surface area is 112 Å². The summed E-state index contributed by atoms with van der Waals surface area (Å²) in [6.45, 7) is 5.85. The minimum Gasteiger partial charge on any atom is -0.362 e. The fraction of sp³-hybridized carbons (Fsp3) is 0.200. The topological polar surface area (TPSA) is 57.2 Å². The number of H-pyrrole nitrogens is 1. The quantitative estimate of drug-likeness (QED) is 0.643. The number of aromatic nitrogens is 1. The molecule has 0 saturated carbocycles. The Bertz CT molecular complexity index is 626. The molecule has 98 valence electrons. The van der Waals surface area contributed by atoms with Crippen LogP contribution in [0.25, 0.3) is 0 Å². The third-order valence-corrected chi connectivity index (χ3v) is 2.95. The summed E-state index contributed by atoms with van der Waals surface area (Å²) in [4.78, 5) is 15.1. The zero-order chi connectivity index (χ0) is 13.8. The lowest BCUT2D eigenvalue weighted by atomic mass is 10.1. The number of aromatic amines is 1. The van der Waals surface area contributed by atoms with Gasteiger partial charge in [0.1, 0.15) is 0 Å². The van der Waals surface area contributed by atoms with Gasteiger partial charge in [-0.05, 0) is 38.5 Å². The Balaban J connectivity index is 2.05. The lowest BCUT2D eigenvalue weighted by molar-refractivity contribution is 0.0954. The average molecular weight is 255 g/mol. The second-order valence-corrected chi connectivity index (χ2v) is 4.55. The number of amides is 1. The van der Waals surface area contributed by atoms with E-state index in [1.807, 2.05) is 45.0 Å². The van der Waals surface area contributed by atoms with Gasteiger partial charge in [0, 0.05) is 22.5 Å². The number of nitrogens with one attached hydrogen (secondary N) is 2. The molecular weight excluding hydrogens is 238 g/mol. The molecule has 0 unspecified atom stereocenters. The molecule has 0 aliphatic carbocycles. The van der Waals surface area contributed by atoms with Crippen molar-refractivity contribution >= 4 is 12.1 Å². The highest BCUT2D eigenvalue weighted by Gasteiger charge is 2.06. The van der Waals surface area contributed by atoms with Gasteiger partial charge in [0.05, 0.1) is 6.21 Å². The molecule has 0 saturated heterocycles. The fourth-order valence-electron chi connectivity index (χ4n) is 1.93. The highest BCUT2D eigenvalue weighted by molar-refractivity contribution is 5.96. The lowest BCUT2D eigenvalue weighted by Gasteiger charge is -2.02. The molecule has 0 fully saturated rings. The van der Waals surface area contributed by atoms with E-state index in [1.54, 1.807) is 12.3 Å². The van der Waals surface area contributed by atoms with Crippen molar-refractivity contribution in [3.63, 3.8) is 0 Å². The second kappa shape index (κ2) is 5.52. The molecule has 1 aromatic carbocycles. The zero-order valence-corrected chi connectivity index (χ0v) is 11.3. The van der Waals surface area contributed by atoms with E-state index < -0.39 is 0 Å². The Morgan fingerprint density at radius 2 is 2.00 bits per heavy atom. The van der Waals surface area contributed by atoms with Crippen molar-refractivity contribution in [3.05, 3.63) is 58.4 Å². The van der Waals surface area contributed by atoms with Crippen molar-refractivity contribution in [2.75, 3.05) is 0 Å². The zero-order valence-electron chi connectivity index (χ0n) is 11.3. The normalized spacial score (nSPS) is 10.9. The number of carbonyl (C=O) groups is 1. The predicted molar refractivity (Wildman–Crippen MR) is 76.5 cm³/mol. The molecule has 4 heteroatoms. The molecule has 0 bridgehead atoms. The summed E-state index contributed by atoms with van der Waals surface area (Å²) in [5, 5.41) is 3.99. The van der Waals surface area contributed by atoms with Crippen LogP contribution in [0.5, 0.6) is 0 Å². The molecule has 0 spiro atoms. The number of hydrogen-bond donors (Lipinski definition) is 2. The van der Waals surface area contributed by atoms with E-state index in [1.165, 1.54) is 0 Å². The molecule has 2 N–H and O–H groups in total. The van der Waals surface area contributed by atoms with Crippen LogP contribution in [-0.2, 0) is 0 Å². The van der Waals surface area contributed by atoms with Crippen LogP contribution in [-0.4, -0.2) is 17.1 Å². The monoisotopic (exact) mass is 255 g/mol. The minimum atomic E-state index is -0.195. The van der Waals surface area contributed by atoms with Crippen molar-refractivity contribution in [1.82, 2.24) is 10.4 Å². The van der Waals surface area contributed by atoms with Crippen molar-refractivity contribution in [2.24, 2.45) is 5.10 Å². The van der Waals surface area contributed by atoms with E-state index in [-0.39, 0.29) is 5.91 Å². The molecular formula is C15H17N3O. The maximum absolute atomic E-state index is 11.9. The number of rotatable bonds is 3. The Hall–Kier alpha value is -2.36. The standard InChI is InChI=1S/C15H17N3O/c1-10-6-4-5-7-14(10)15(19)18-16-9-13-8-11(2)17-12(13)3/h4-9,17H,1-3H3,(H,18,19)/b16-9+. The van der Waals surface area contributed by atoms with E-state index >= 15 is 0 Å². The van der Waals surface area contributed by atoms with Crippen LogP contribution in [0.15, 0.2) is 35.4 Å². The first-order chi connectivity index (χ1) is 9.08. The predicted octanol–water partition coefficient (Wildman–Crippen LogP) is 2.70. The molecule has 2 rings (SSSR count). The maximum atomic E-state index is 11.9. The third-order valence-electron chi connectivity index (χ3n) is 2.95. The summed E-state index contributed by atoms with van der Waals surface area (Å²) in [5.74, 6) is -0.195. The number of hydrogen-bond acceptors (Lipinski definition) is 2. The number of nitrogens with zero attached hydrogens (tertiary/aromatic N) is 1. The van der Waals surface area contributed by atoms with Gasteiger partial charge in [-0.25, -0.2) is 5.43 Å². The smallest absolute Gasteiger partial charge is 0.271 e. The summed E-state index contributed by atoms with van der Waals surface area (Å²) in [5.41, 5.74) is 7.20. The Morgan fingerprint density at radius 3 is 2.63 bits per heavy atom. The van der Waals surface area contributed by atoms with Crippen LogP contribution >= 0.6 is 0 Å². The van der Waals surface area contributed by atoms with E-state index in [0.29, 0.717) is 5.56 Å². The van der Waals surface area contributed by atoms with Gasteiger partial charge in [-0.3, -0.25) is 4.79 Å². The number of benzene rings is 1. The van der Waals surface area contributed by atoms with E-state index in [0.717, 1.165) is 22.5 Å². The first kappa shape index (κ1) is 13.1. The number of carbonyl (C=O) groups excluding carboxylic acids is 1. The SMILES string of the molecule is Cc1cc(/C=N/NC(=O)c2ccccc2C)c(C)[nH]1. The third kappa shape index (κ3) is 3.10. The number of aryl methyl sites for hydroxylation is 3. The fourth-order valence-corrected chi connectivity index (χ4v) is 1.93. The van der Waals surface area contributed by atoms with Crippen LogP contribution < -0.4 is 5.43 Å². The Morgan fingerprint density at radius 1 is 1.26 bits per heavy atom. The van der Waals surface area contributed by atoms with Crippen LogP contribution in [0.3, 0.4) is 0 Å². The van der Waals surface area contributed by atoms with Crippen molar-refractivity contribution in [3.8, 4) is 0 Å². The Kier molecular flexibility index (Phi) is 3.80. The summed E-state index contributed by atoms with van der Waals surface area (Å²) in [6.07, 6.45) is 1.65. The summed E-state index contributed by atoms with van der Waals surface area (Å²) < 4.78 is 0. The summed E-state index contributed by atoms with van der Waals surface area (Å²) in [7, 11) is 0. The molecule has 4 nitrogen and oxygen atoms in total. The molecule has 2 aromatic rings. The molecule has 0 aliphatic rings. The van der Waals surface area contributed by atoms with Crippen LogP contribution in [0, 0.1) is 20.8 Å². The van der Waals surface area contributed by atoms with Gasteiger partial charge in [-0.1, -0.05) is 18.2 Å². The van der Waals surface area contributed by atoms with Crippen LogP contribution in [0.1, 0.15) is 32.9 Å². The van der Waals surface area contributed by atoms with Gasteiger partial charge < -0.3 is 4.98 Å². The van der Waals surface area contributed by atoms with E-state index in [4.69, 9.17) is 0 Å². The molecule has 0 aliphatic heterocycles. The van der Waals surface area contributed by atoms with Gasteiger partial charge in [0.15, 0.2) is 0 Å². The summed E-state index contributed by atoms with van der Waals surface area (Å²) in [6, 6.07) is 9.41. The average Bonchev–Trinajstić information content (AvgIpc) is 2.68. The van der Waals surface area contributed by atoms with Gasteiger partial charge >= 0.3 is 0 Å². The minimum absolute atomic E-state index is 0.195. The number of hydrazone groups is 1. The van der Waals surface area contributed by atoms with Gasteiger partial charge in [-0.15, -0.1) is 0 Å². The first-order valence-corrected chi connectivity index (χ1v) is 6.13. The maximum Gasteiger partial charge on any atom is 0.271 e. The molecule has 1 amide bonds. The molecule has 0 atom stereocenters. The highest BCUT2D eigenvalue weighted by Crippen LogP contribution is 2.07. The summed E-state index contributed by atoms with van der Waals surface area (Å²) >= 11 is 0. The first-order valence-electron chi connectivity index (χ1n) is 6.13. The van der Waals surface area contributed by atoms with Gasteiger partial charge in [0.2, 0.25) is 0 Å². The largest absolute Gasteiger partial charge is 0.362 e. The van der Waals surface area contributed by atoms with Gasteiger partial charge in [-0.2, -0.15) is 5.10 Å². The van der Waals surface area contributed by atoms with Crippen molar-refractivity contribution < 1.29 is 4.79 Å². The van der Waals surface area contributed by atoms with Gasteiger partial charge in [0.25, 0.3) is 5.91 Å². The molecule has 0 radical (unpaired) electrons. The van der Waals surface area contributed by atoms with Crippen LogP contribution in [0.2, 0.25) is 0 Å². The van der Waals surface area contributed by atoms with E-state index in [2.05, 4.69) is 15.5 Å². The molecule has 1 heterocycles. The van der Waals surface area contributed by atoms with Crippen molar-refractivity contribution in [1.29, 1.82) is 0 Å². The van der Waals surface area contributed by atoms with Crippen LogP contribution in [0.4, 0.5) is 0 Å². The lowest BCUT2D eigenvalue weighted by Crippen LogP contribution is -2.18. The van der Waals surface area contributed by atoms with E-state index in [9.17, 15) is 4.79 Å².